The molecule has 6 heteroatoms. The molecule has 0 bridgehead atoms. The maximum absolute atomic E-state index is 5.89. The fourth-order valence-electron chi connectivity index (χ4n) is 3.39. The number of piperidine rings is 1. The van der Waals surface area contributed by atoms with E-state index in [9.17, 15) is 0 Å². The van der Waals surface area contributed by atoms with Crippen LogP contribution in [0.2, 0.25) is 0 Å². The zero-order chi connectivity index (χ0) is 14.7. The van der Waals surface area contributed by atoms with Gasteiger partial charge in [-0.3, -0.25) is 4.90 Å². The second-order valence-corrected chi connectivity index (χ2v) is 5.99. The molecule has 1 aromatic heterocycles. The Kier molecular flexibility index (Phi) is 4.55. The van der Waals surface area contributed by atoms with Crippen LogP contribution in [0.1, 0.15) is 31.5 Å². The number of nitrogens with two attached hydrogens (primary N) is 1. The van der Waals surface area contributed by atoms with Crippen molar-refractivity contribution in [3.05, 3.63) is 11.9 Å². The Morgan fingerprint density at radius 3 is 2.81 bits per heavy atom. The third-order valence-electron chi connectivity index (χ3n) is 4.45. The van der Waals surface area contributed by atoms with Gasteiger partial charge >= 0.3 is 0 Å². The van der Waals surface area contributed by atoms with Crippen LogP contribution in [0.4, 0.5) is 11.6 Å². The van der Waals surface area contributed by atoms with Gasteiger partial charge in [0.25, 0.3) is 0 Å². The SMILES string of the molecule is COCc1nc(N)cc(N2CCC(N3CCCCC3)C2)n1. The number of rotatable bonds is 4. The first kappa shape index (κ1) is 14.5. The van der Waals surface area contributed by atoms with Crippen molar-refractivity contribution in [3.8, 4) is 0 Å². The Balaban J connectivity index is 1.67. The van der Waals surface area contributed by atoms with Gasteiger partial charge in [-0.1, -0.05) is 6.42 Å². The average molecular weight is 291 g/mol. The first-order valence-corrected chi connectivity index (χ1v) is 7.87. The summed E-state index contributed by atoms with van der Waals surface area (Å²) >= 11 is 0. The molecule has 21 heavy (non-hydrogen) atoms. The Hall–Kier alpha value is -1.40. The average Bonchev–Trinajstić information content (AvgIpc) is 2.98. The van der Waals surface area contributed by atoms with Gasteiger partial charge < -0.3 is 15.4 Å². The number of nitrogens with zero attached hydrogens (tertiary/aromatic N) is 4. The van der Waals surface area contributed by atoms with Crippen molar-refractivity contribution in [1.82, 2.24) is 14.9 Å². The Bertz CT molecular complexity index is 475. The molecule has 3 heterocycles. The quantitative estimate of drug-likeness (QED) is 0.901. The van der Waals surface area contributed by atoms with Crippen molar-refractivity contribution in [3.63, 3.8) is 0 Å². The number of methoxy groups -OCH3 is 1. The van der Waals surface area contributed by atoms with Crippen LogP contribution >= 0.6 is 0 Å². The van der Waals surface area contributed by atoms with Crippen LogP contribution in [0.15, 0.2) is 6.07 Å². The molecule has 2 aliphatic heterocycles. The van der Waals surface area contributed by atoms with Gasteiger partial charge in [0, 0.05) is 32.3 Å². The van der Waals surface area contributed by atoms with Crippen molar-refractivity contribution in [2.75, 3.05) is 43.9 Å². The molecule has 1 atom stereocenters. The number of hydrogen-bond donors (Lipinski definition) is 1. The van der Waals surface area contributed by atoms with E-state index in [0.29, 0.717) is 24.3 Å². The predicted octanol–water partition coefficient (Wildman–Crippen LogP) is 1.27. The maximum Gasteiger partial charge on any atom is 0.158 e. The topological polar surface area (TPSA) is 67.5 Å². The Labute approximate surface area is 126 Å². The van der Waals surface area contributed by atoms with Gasteiger partial charge in [-0.25, -0.2) is 9.97 Å². The standard InChI is InChI=1S/C15H25N5O/c1-21-11-14-17-13(16)9-15(18-14)20-8-5-12(10-20)19-6-3-2-4-7-19/h9,12H,2-8,10-11H2,1H3,(H2,16,17,18). The summed E-state index contributed by atoms with van der Waals surface area (Å²) in [5.74, 6) is 2.12. The third-order valence-corrected chi connectivity index (χ3v) is 4.45. The molecule has 1 aromatic rings. The van der Waals surface area contributed by atoms with E-state index in [-0.39, 0.29) is 0 Å². The van der Waals surface area contributed by atoms with E-state index in [4.69, 9.17) is 10.5 Å². The summed E-state index contributed by atoms with van der Waals surface area (Å²) in [6, 6.07) is 2.53. The number of likely N-dealkylation sites (tertiary alicyclic amines) is 1. The lowest BCUT2D eigenvalue weighted by atomic mass is 10.1. The highest BCUT2D eigenvalue weighted by atomic mass is 16.5. The molecule has 0 amide bonds. The zero-order valence-electron chi connectivity index (χ0n) is 12.8. The third kappa shape index (κ3) is 3.44. The minimum Gasteiger partial charge on any atom is -0.384 e. The minimum absolute atomic E-state index is 0.404. The predicted molar refractivity (Wildman–Crippen MR) is 83.2 cm³/mol. The molecule has 116 valence electrons. The van der Waals surface area contributed by atoms with Crippen LogP contribution in [0.3, 0.4) is 0 Å². The van der Waals surface area contributed by atoms with Crippen LogP contribution in [0.25, 0.3) is 0 Å². The lowest BCUT2D eigenvalue weighted by Crippen LogP contribution is -2.41. The van der Waals surface area contributed by atoms with Crippen LogP contribution in [0, 0.1) is 0 Å². The van der Waals surface area contributed by atoms with Gasteiger partial charge in [-0.05, 0) is 32.4 Å². The molecule has 3 rings (SSSR count). The van der Waals surface area contributed by atoms with E-state index in [1.165, 1.54) is 38.8 Å². The highest BCUT2D eigenvalue weighted by molar-refractivity contribution is 5.48. The first-order chi connectivity index (χ1) is 10.3. The van der Waals surface area contributed by atoms with Gasteiger partial charge in [0.05, 0.1) is 0 Å². The van der Waals surface area contributed by atoms with E-state index in [0.717, 1.165) is 18.9 Å². The Morgan fingerprint density at radius 1 is 1.24 bits per heavy atom. The highest BCUT2D eigenvalue weighted by Crippen LogP contribution is 2.24. The summed E-state index contributed by atoms with van der Waals surface area (Å²) < 4.78 is 5.11. The molecule has 2 N–H and O–H groups in total. The fraction of sp³-hybridized carbons (Fsp3) is 0.733. The van der Waals surface area contributed by atoms with Crippen LogP contribution in [-0.4, -0.2) is 54.2 Å². The molecule has 2 fully saturated rings. The molecule has 0 saturated carbocycles. The van der Waals surface area contributed by atoms with E-state index in [2.05, 4.69) is 19.8 Å². The molecule has 0 spiro atoms. The summed E-state index contributed by atoms with van der Waals surface area (Å²) in [7, 11) is 1.65. The second kappa shape index (κ2) is 6.58. The summed E-state index contributed by atoms with van der Waals surface area (Å²) in [6.07, 6.45) is 5.28. The smallest absolute Gasteiger partial charge is 0.158 e. The van der Waals surface area contributed by atoms with Crippen molar-refractivity contribution in [2.24, 2.45) is 0 Å². The van der Waals surface area contributed by atoms with E-state index in [1.807, 2.05) is 6.07 Å². The summed E-state index contributed by atoms with van der Waals surface area (Å²) in [6.45, 7) is 4.99. The summed E-state index contributed by atoms with van der Waals surface area (Å²) in [5.41, 5.74) is 5.89. The van der Waals surface area contributed by atoms with Gasteiger partial charge in [0.2, 0.25) is 0 Å². The summed E-state index contributed by atoms with van der Waals surface area (Å²) in [5, 5.41) is 0. The fourth-order valence-corrected chi connectivity index (χ4v) is 3.39. The van der Waals surface area contributed by atoms with Crippen molar-refractivity contribution >= 4 is 11.6 Å². The van der Waals surface area contributed by atoms with Crippen LogP contribution in [0.5, 0.6) is 0 Å². The number of nitrogen functional groups attached to an aromatic ring is 1. The number of aromatic nitrogens is 2. The number of anilines is 2. The van der Waals surface area contributed by atoms with Crippen molar-refractivity contribution < 1.29 is 4.74 Å². The van der Waals surface area contributed by atoms with E-state index in [1.54, 1.807) is 7.11 Å². The number of hydrogen-bond acceptors (Lipinski definition) is 6. The summed E-state index contributed by atoms with van der Waals surface area (Å²) in [4.78, 5) is 13.8. The van der Waals surface area contributed by atoms with Crippen LogP contribution < -0.4 is 10.6 Å². The first-order valence-electron chi connectivity index (χ1n) is 7.87. The molecule has 2 aliphatic rings. The molecular formula is C15H25N5O. The normalized spacial score (nSPS) is 23.7. The van der Waals surface area contributed by atoms with E-state index < -0.39 is 0 Å². The largest absolute Gasteiger partial charge is 0.384 e. The second-order valence-electron chi connectivity index (χ2n) is 5.99. The number of ether oxygens (including phenoxy) is 1. The lowest BCUT2D eigenvalue weighted by molar-refractivity contribution is 0.174. The Morgan fingerprint density at radius 2 is 2.05 bits per heavy atom. The van der Waals surface area contributed by atoms with Gasteiger partial charge in [0.15, 0.2) is 5.82 Å². The molecule has 6 nitrogen and oxygen atoms in total. The molecule has 0 aliphatic carbocycles. The monoisotopic (exact) mass is 291 g/mol. The van der Waals surface area contributed by atoms with Crippen molar-refractivity contribution in [1.29, 1.82) is 0 Å². The van der Waals surface area contributed by atoms with Gasteiger partial charge in [-0.2, -0.15) is 0 Å². The van der Waals surface area contributed by atoms with Crippen LogP contribution in [-0.2, 0) is 11.3 Å². The zero-order valence-corrected chi connectivity index (χ0v) is 12.8. The van der Waals surface area contributed by atoms with Gasteiger partial charge in [0.1, 0.15) is 18.2 Å². The highest BCUT2D eigenvalue weighted by Gasteiger charge is 2.29. The molecule has 1 unspecified atom stereocenters. The molecule has 2 saturated heterocycles. The van der Waals surface area contributed by atoms with Crippen molar-refractivity contribution in [2.45, 2.75) is 38.3 Å². The van der Waals surface area contributed by atoms with Gasteiger partial charge in [-0.15, -0.1) is 0 Å². The maximum atomic E-state index is 5.89. The molecular weight excluding hydrogens is 266 g/mol. The lowest BCUT2D eigenvalue weighted by Gasteiger charge is -2.32. The molecule has 0 aromatic carbocycles. The van der Waals surface area contributed by atoms with E-state index >= 15 is 0 Å². The minimum atomic E-state index is 0.404. The molecule has 0 radical (unpaired) electrons.